The Morgan fingerprint density at radius 1 is 1.27 bits per heavy atom. The lowest BCUT2D eigenvalue weighted by molar-refractivity contribution is 0.109. The van der Waals surface area contributed by atoms with Gasteiger partial charge in [0.25, 0.3) is 0 Å². The Morgan fingerprint density at radius 3 is 2.18 bits per heavy atom. The van der Waals surface area contributed by atoms with Crippen LogP contribution in [-0.2, 0) is 4.74 Å². The smallest absolute Gasteiger partial charge is 0.0489 e. The topological polar surface area (TPSA) is 35.2 Å². The Balaban J connectivity index is 0. The molecule has 0 aromatic rings. The minimum Gasteiger partial charge on any atom is -0.381 e. The maximum atomic E-state index is 5.27. The third-order valence-electron chi connectivity index (χ3n) is 0.944. The first kappa shape index (κ1) is 13.5. The third kappa shape index (κ3) is 17.8. The lowest BCUT2D eigenvalue weighted by atomic mass is 10.2. The highest BCUT2D eigenvalue weighted by Crippen LogP contribution is 1.92. The lowest BCUT2D eigenvalue weighted by Gasteiger charge is -2.04. The van der Waals surface area contributed by atoms with Gasteiger partial charge in [-0.15, -0.1) is 0 Å². The Labute approximate surface area is 71.1 Å². The van der Waals surface area contributed by atoms with Crippen molar-refractivity contribution in [2.45, 2.75) is 34.1 Å². The van der Waals surface area contributed by atoms with Crippen LogP contribution in [0.15, 0.2) is 0 Å². The molecule has 0 unspecified atom stereocenters. The first-order chi connectivity index (χ1) is 5.27. The predicted octanol–water partition coefficient (Wildman–Crippen LogP) is 2.03. The van der Waals surface area contributed by atoms with Gasteiger partial charge in [0.1, 0.15) is 0 Å². The summed E-state index contributed by atoms with van der Waals surface area (Å²) in [5.74, 6) is 0.641. The molecule has 0 radical (unpaired) electrons. The van der Waals surface area contributed by atoms with Crippen LogP contribution in [0, 0.1) is 5.92 Å². The zero-order chi connectivity index (χ0) is 9.11. The fourth-order valence-electron chi connectivity index (χ4n) is 0.504. The Kier molecular flexibility index (Phi) is 15.4. The van der Waals surface area contributed by atoms with Gasteiger partial charge in [-0.05, 0) is 18.9 Å². The van der Waals surface area contributed by atoms with Gasteiger partial charge in [0, 0.05) is 13.2 Å². The summed E-state index contributed by atoms with van der Waals surface area (Å²) in [6.45, 7) is 10.7. The minimum absolute atomic E-state index is 0.641. The van der Waals surface area contributed by atoms with Gasteiger partial charge in [-0.1, -0.05) is 27.7 Å². The van der Waals surface area contributed by atoms with Crippen molar-refractivity contribution in [3.05, 3.63) is 0 Å². The van der Waals surface area contributed by atoms with E-state index in [0.29, 0.717) is 5.92 Å². The van der Waals surface area contributed by atoms with Crippen molar-refractivity contribution < 1.29 is 4.74 Å². The average molecular weight is 161 g/mol. The van der Waals surface area contributed by atoms with E-state index in [9.17, 15) is 0 Å². The molecule has 0 heterocycles. The van der Waals surface area contributed by atoms with Gasteiger partial charge in [-0.2, -0.15) is 0 Å². The maximum Gasteiger partial charge on any atom is 0.0489 e. The summed E-state index contributed by atoms with van der Waals surface area (Å²) in [7, 11) is 0. The molecule has 2 nitrogen and oxygen atoms in total. The molecule has 0 aromatic heterocycles. The molecule has 0 bridgehead atoms. The van der Waals surface area contributed by atoms with Crippen LogP contribution in [0.1, 0.15) is 34.1 Å². The van der Waals surface area contributed by atoms with Crippen LogP contribution in [-0.4, -0.2) is 19.8 Å². The van der Waals surface area contributed by atoms with Crippen LogP contribution >= 0.6 is 0 Å². The molecular formula is C9H23NO. The van der Waals surface area contributed by atoms with E-state index in [-0.39, 0.29) is 0 Å². The summed E-state index contributed by atoms with van der Waals surface area (Å²) in [6, 6.07) is 0. The van der Waals surface area contributed by atoms with Gasteiger partial charge in [0.05, 0.1) is 0 Å². The van der Waals surface area contributed by atoms with E-state index in [1.54, 1.807) is 0 Å². The lowest BCUT2D eigenvalue weighted by Crippen LogP contribution is -2.07. The quantitative estimate of drug-likeness (QED) is 0.626. The molecular weight excluding hydrogens is 138 g/mol. The first-order valence-electron chi connectivity index (χ1n) is 4.55. The standard InChI is InChI=1S/C7H17NO.C2H6/c1-7(2)6-9-5-3-4-8;1-2/h7H,3-6,8H2,1-2H3;1-2H3. The van der Waals surface area contributed by atoms with E-state index in [0.717, 1.165) is 26.2 Å². The van der Waals surface area contributed by atoms with E-state index in [4.69, 9.17) is 10.5 Å². The Hall–Kier alpha value is -0.0800. The normalized spacial score (nSPS) is 9.27. The molecule has 0 spiro atoms. The number of rotatable bonds is 5. The maximum absolute atomic E-state index is 5.27. The number of nitrogens with two attached hydrogens (primary N) is 1. The fourth-order valence-corrected chi connectivity index (χ4v) is 0.504. The van der Waals surface area contributed by atoms with Crippen molar-refractivity contribution >= 4 is 0 Å². The monoisotopic (exact) mass is 161 g/mol. The zero-order valence-corrected chi connectivity index (χ0v) is 8.39. The molecule has 0 aromatic carbocycles. The van der Waals surface area contributed by atoms with Crippen LogP contribution in [0.3, 0.4) is 0 Å². The van der Waals surface area contributed by atoms with Crippen LogP contribution in [0.4, 0.5) is 0 Å². The molecule has 0 fully saturated rings. The van der Waals surface area contributed by atoms with Gasteiger partial charge in [0.2, 0.25) is 0 Å². The second kappa shape index (κ2) is 12.6. The molecule has 0 saturated heterocycles. The second-order valence-corrected chi connectivity index (χ2v) is 2.61. The molecule has 0 aliphatic carbocycles. The van der Waals surface area contributed by atoms with E-state index >= 15 is 0 Å². The molecule has 0 aliphatic rings. The Morgan fingerprint density at radius 2 is 1.82 bits per heavy atom. The zero-order valence-electron chi connectivity index (χ0n) is 8.39. The largest absolute Gasteiger partial charge is 0.381 e. The Bertz CT molecular complexity index is 55.5. The first-order valence-corrected chi connectivity index (χ1v) is 4.55. The minimum atomic E-state index is 0.641. The number of ether oxygens (including phenoxy) is 1. The van der Waals surface area contributed by atoms with Gasteiger partial charge in [-0.25, -0.2) is 0 Å². The van der Waals surface area contributed by atoms with Crippen LogP contribution in [0.5, 0.6) is 0 Å². The molecule has 11 heavy (non-hydrogen) atoms. The van der Waals surface area contributed by atoms with Crippen LogP contribution in [0.2, 0.25) is 0 Å². The van der Waals surface area contributed by atoms with Gasteiger partial charge >= 0.3 is 0 Å². The van der Waals surface area contributed by atoms with Crippen LogP contribution in [0.25, 0.3) is 0 Å². The second-order valence-electron chi connectivity index (χ2n) is 2.61. The highest BCUT2D eigenvalue weighted by molar-refractivity contribution is 4.40. The molecule has 0 amide bonds. The molecule has 70 valence electrons. The summed E-state index contributed by atoms with van der Waals surface area (Å²) < 4.78 is 5.26. The molecule has 0 saturated carbocycles. The summed E-state index contributed by atoms with van der Waals surface area (Å²) >= 11 is 0. The predicted molar refractivity (Wildman–Crippen MR) is 50.7 cm³/mol. The van der Waals surface area contributed by atoms with Crippen molar-refractivity contribution in [2.75, 3.05) is 19.8 Å². The molecule has 2 heteroatoms. The molecule has 0 rings (SSSR count). The summed E-state index contributed by atoms with van der Waals surface area (Å²) in [6.07, 6.45) is 0.979. The van der Waals surface area contributed by atoms with Gasteiger partial charge in [0.15, 0.2) is 0 Å². The van der Waals surface area contributed by atoms with E-state index < -0.39 is 0 Å². The molecule has 2 N–H and O–H groups in total. The fraction of sp³-hybridized carbons (Fsp3) is 1.00. The van der Waals surface area contributed by atoms with Gasteiger partial charge in [-0.3, -0.25) is 0 Å². The number of hydrogen-bond acceptors (Lipinski definition) is 2. The summed E-state index contributed by atoms with van der Waals surface area (Å²) in [5.41, 5.74) is 5.27. The molecule has 0 atom stereocenters. The SMILES string of the molecule is CC.CC(C)COCCCN. The average Bonchev–Trinajstić information content (AvgIpc) is 2.02. The van der Waals surface area contributed by atoms with E-state index in [1.165, 1.54) is 0 Å². The van der Waals surface area contributed by atoms with Crippen LogP contribution < -0.4 is 5.73 Å². The van der Waals surface area contributed by atoms with E-state index in [1.807, 2.05) is 13.8 Å². The highest BCUT2D eigenvalue weighted by Gasteiger charge is 1.91. The van der Waals surface area contributed by atoms with Crippen molar-refractivity contribution in [2.24, 2.45) is 11.7 Å². The van der Waals surface area contributed by atoms with E-state index in [2.05, 4.69) is 13.8 Å². The summed E-state index contributed by atoms with van der Waals surface area (Å²) in [5, 5.41) is 0. The molecule has 0 aliphatic heterocycles. The van der Waals surface area contributed by atoms with Crippen molar-refractivity contribution in [1.29, 1.82) is 0 Å². The third-order valence-corrected chi connectivity index (χ3v) is 0.944. The van der Waals surface area contributed by atoms with Gasteiger partial charge < -0.3 is 10.5 Å². The van der Waals surface area contributed by atoms with Crippen molar-refractivity contribution in [1.82, 2.24) is 0 Å². The van der Waals surface area contributed by atoms with Crippen molar-refractivity contribution in [3.63, 3.8) is 0 Å². The summed E-state index contributed by atoms with van der Waals surface area (Å²) in [4.78, 5) is 0. The number of hydrogen-bond donors (Lipinski definition) is 1. The highest BCUT2D eigenvalue weighted by atomic mass is 16.5. The van der Waals surface area contributed by atoms with Crippen molar-refractivity contribution in [3.8, 4) is 0 Å².